The number of para-hydroxylation sites is 1. The predicted molar refractivity (Wildman–Crippen MR) is 163 cm³/mol. The maximum Gasteiger partial charge on any atom is 0.329 e. The first-order valence-corrected chi connectivity index (χ1v) is 14.5. The molecule has 2 aliphatic heterocycles. The molecule has 0 unspecified atom stereocenters. The fourth-order valence-corrected chi connectivity index (χ4v) is 5.79. The van der Waals surface area contributed by atoms with Gasteiger partial charge in [0.1, 0.15) is 41.5 Å². The van der Waals surface area contributed by atoms with E-state index in [2.05, 4.69) is 30.2 Å². The van der Waals surface area contributed by atoms with Gasteiger partial charge in [0, 0.05) is 49.9 Å². The van der Waals surface area contributed by atoms with E-state index >= 15 is 0 Å². The van der Waals surface area contributed by atoms with Gasteiger partial charge in [-0.3, -0.25) is 19.9 Å². The maximum atomic E-state index is 12.5. The van der Waals surface area contributed by atoms with Gasteiger partial charge in [0.05, 0.1) is 11.4 Å². The number of urea groups is 1. The number of nitrogen functional groups attached to an aromatic ring is 1. The molecule has 3 N–H and O–H groups in total. The Morgan fingerprint density at radius 2 is 1.68 bits per heavy atom. The second-order valence-corrected chi connectivity index (χ2v) is 10.8. The monoisotopic (exact) mass is 590 g/mol. The molecule has 2 saturated heterocycles. The Morgan fingerprint density at radius 3 is 2.45 bits per heavy atom. The van der Waals surface area contributed by atoms with E-state index in [1.165, 1.54) is 17.6 Å². The van der Waals surface area contributed by atoms with E-state index in [0.29, 0.717) is 30.4 Å². The number of imide groups is 1. The Bertz CT molecular complexity index is 1820. The molecule has 0 atom stereocenters. The molecule has 222 valence electrons. The van der Waals surface area contributed by atoms with Crippen LogP contribution in [0.25, 0.3) is 22.3 Å². The van der Waals surface area contributed by atoms with Crippen LogP contribution in [0.2, 0.25) is 0 Å². The van der Waals surface area contributed by atoms with E-state index in [0.717, 1.165) is 59.6 Å². The van der Waals surface area contributed by atoms with Crippen molar-refractivity contribution in [1.29, 1.82) is 0 Å². The van der Waals surface area contributed by atoms with Crippen molar-refractivity contribution in [3.63, 3.8) is 0 Å². The number of amides is 3. The zero-order chi connectivity index (χ0) is 30.0. The van der Waals surface area contributed by atoms with Crippen molar-refractivity contribution in [3.8, 4) is 22.8 Å². The molecule has 5 aromatic rings. The van der Waals surface area contributed by atoms with E-state index in [9.17, 15) is 9.59 Å². The molecule has 0 spiro atoms. The minimum Gasteiger partial charge on any atom is -0.457 e. The largest absolute Gasteiger partial charge is 0.457 e. The third kappa shape index (κ3) is 5.40. The standard InChI is InChI=1S/C31H30N10O3/c32-28-26-27(20-6-8-24(9-7-20)44-23-4-2-1-3-5-23)38-41(30(26)36-19-34-28)22-10-13-39(14-11-22)17-21-16-33-18-35-29(21)40-15-12-25(42)37-31(40)43/h1-9,16,18-19,22H,10-15,17H2,(H2,32,34,36)(H,37,42,43). The third-order valence-corrected chi connectivity index (χ3v) is 8.00. The lowest BCUT2D eigenvalue weighted by Gasteiger charge is -2.33. The summed E-state index contributed by atoms with van der Waals surface area (Å²) in [7, 11) is 0. The van der Waals surface area contributed by atoms with Crippen LogP contribution in [-0.2, 0) is 11.3 Å². The fraction of sp³-hybridized carbons (Fsp3) is 0.258. The number of likely N-dealkylation sites (tertiary alicyclic amines) is 1. The van der Waals surface area contributed by atoms with Gasteiger partial charge in [0.25, 0.3) is 0 Å². The van der Waals surface area contributed by atoms with Crippen LogP contribution in [0.4, 0.5) is 16.4 Å². The second kappa shape index (κ2) is 11.7. The van der Waals surface area contributed by atoms with E-state index < -0.39 is 6.03 Å². The van der Waals surface area contributed by atoms with Crippen LogP contribution in [0.1, 0.15) is 30.9 Å². The molecule has 2 aromatic carbocycles. The van der Waals surface area contributed by atoms with Gasteiger partial charge < -0.3 is 10.5 Å². The highest BCUT2D eigenvalue weighted by molar-refractivity contribution is 6.05. The van der Waals surface area contributed by atoms with E-state index in [1.807, 2.05) is 59.3 Å². The number of piperidine rings is 1. The zero-order valence-electron chi connectivity index (χ0n) is 23.8. The van der Waals surface area contributed by atoms with E-state index in [4.69, 9.17) is 15.6 Å². The third-order valence-electron chi connectivity index (χ3n) is 8.00. The molecule has 13 nitrogen and oxygen atoms in total. The SMILES string of the molecule is Nc1ncnc2c1c(-c1ccc(Oc3ccccc3)cc1)nn2C1CCN(Cc2cncnc2N2CCC(=O)NC2=O)CC1. The number of hydrogen-bond acceptors (Lipinski definition) is 10. The first kappa shape index (κ1) is 27.4. The number of ether oxygens (including phenoxy) is 1. The van der Waals surface area contributed by atoms with Crippen LogP contribution in [0, 0.1) is 0 Å². The minimum absolute atomic E-state index is 0.114. The molecule has 13 heteroatoms. The summed E-state index contributed by atoms with van der Waals surface area (Å²) in [4.78, 5) is 45.3. The summed E-state index contributed by atoms with van der Waals surface area (Å²) in [6.07, 6.45) is 6.55. The highest BCUT2D eigenvalue weighted by Gasteiger charge is 2.30. The Morgan fingerprint density at radius 1 is 0.909 bits per heavy atom. The van der Waals surface area contributed by atoms with Crippen LogP contribution in [0.3, 0.4) is 0 Å². The number of fused-ring (bicyclic) bond motifs is 1. The molecule has 7 rings (SSSR count). The van der Waals surface area contributed by atoms with Crippen molar-refractivity contribution < 1.29 is 14.3 Å². The molecule has 2 fully saturated rings. The van der Waals surface area contributed by atoms with Crippen LogP contribution < -0.4 is 20.7 Å². The Balaban J connectivity index is 1.08. The smallest absolute Gasteiger partial charge is 0.329 e. The summed E-state index contributed by atoms with van der Waals surface area (Å²) in [5.41, 5.74) is 9.54. The molecule has 0 saturated carbocycles. The second-order valence-electron chi connectivity index (χ2n) is 10.8. The average molecular weight is 591 g/mol. The molecular formula is C31H30N10O3. The number of aromatic nitrogens is 6. The normalized spacial score (nSPS) is 16.3. The molecule has 3 amide bonds. The molecule has 5 heterocycles. The van der Waals surface area contributed by atoms with Gasteiger partial charge in [0.2, 0.25) is 5.91 Å². The molecular weight excluding hydrogens is 560 g/mol. The van der Waals surface area contributed by atoms with Gasteiger partial charge in [-0.2, -0.15) is 5.10 Å². The van der Waals surface area contributed by atoms with Gasteiger partial charge in [-0.05, 0) is 49.2 Å². The predicted octanol–water partition coefficient (Wildman–Crippen LogP) is 3.94. The number of nitrogens with zero attached hydrogens (tertiary/aromatic N) is 8. The Kier molecular flexibility index (Phi) is 7.28. The first-order chi connectivity index (χ1) is 21.5. The molecule has 0 aliphatic carbocycles. The Hall–Kier alpha value is -5.43. The zero-order valence-corrected chi connectivity index (χ0v) is 23.8. The van der Waals surface area contributed by atoms with Gasteiger partial charge >= 0.3 is 6.03 Å². The number of benzene rings is 2. The van der Waals surface area contributed by atoms with Crippen molar-refractivity contribution in [1.82, 2.24) is 39.9 Å². The van der Waals surface area contributed by atoms with Gasteiger partial charge in [-0.15, -0.1) is 0 Å². The molecule has 2 aliphatic rings. The van der Waals surface area contributed by atoms with Crippen molar-refractivity contribution in [2.45, 2.75) is 31.8 Å². The van der Waals surface area contributed by atoms with Crippen molar-refractivity contribution in [2.24, 2.45) is 0 Å². The van der Waals surface area contributed by atoms with Gasteiger partial charge in [-0.25, -0.2) is 29.4 Å². The van der Waals surface area contributed by atoms with Gasteiger partial charge in [-0.1, -0.05) is 18.2 Å². The number of nitrogens with two attached hydrogens (primary N) is 1. The fourth-order valence-electron chi connectivity index (χ4n) is 5.79. The van der Waals surface area contributed by atoms with Crippen molar-refractivity contribution in [2.75, 3.05) is 30.3 Å². The van der Waals surface area contributed by atoms with Crippen LogP contribution >= 0.6 is 0 Å². The number of rotatable bonds is 7. The number of carbonyl (C=O) groups is 2. The maximum absolute atomic E-state index is 12.5. The lowest BCUT2D eigenvalue weighted by atomic mass is 10.0. The Labute approximate surface area is 252 Å². The summed E-state index contributed by atoms with van der Waals surface area (Å²) < 4.78 is 7.95. The summed E-state index contributed by atoms with van der Waals surface area (Å²) >= 11 is 0. The van der Waals surface area contributed by atoms with Crippen molar-refractivity contribution in [3.05, 3.63) is 79.0 Å². The topological polar surface area (TPSA) is 157 Å². The number of carbonyl (C=O) groups excluding carboxylic acids is 2. The summed E-state index contributed by atoms with van der Waals surface area (Å²) in [5, 5.41) is 8.13. The van der Waals surface area contributed by atoms with Gasteiger partial charge in [0.15, 0.2) is 5.65 Å². The average Bonchev–Trinajstić information content (AvgIpc) is 3.44. The number of hydrogen-bond donors (Lipinski definition) is 2. The summed E-state index contributed by atoms with van der Waals surface area (Å²) in [6.45, 7) is 2.47. The van der Waals surface area contributed by atoms with Crippen LogP contribution in [0.15, 0.2) is 73.4 Å². The van der Waals surface area contributed by atoms with E-state index in [-0.39, 0.29) is 18.4 Å². The minimum atomic E-state index is -0.458. The van der Waals surface area contributed by atoms with Crippen LogP contribution in [-0.4, -0.2) is 66.2 Å². The van der Waals surface area contributed by atoms with Crippen LogP contribution in [0.5, 0.6) is 11.5 Å². The molecule has 0 radical (unpaired) electrons. The highest BCUT2D eigenvalue weighted by atomic mass is 16.5. The highest BCUT2D eigenvalue weighted by Crippen LogP contribution is 2.35. The number of nitrogens with one attached hydrogen (secondary N) is 1. The molecule has 3 aromatic heterocycles. The molecule has 0 bridgehead atoms. The molecule has 44 heavy (non-hydrogen) atoms. The first-order valence-electron chi connectivity index (χ1n) is 14.5. The lowest BCUT2D eigenvalue weighted by Crippen LogP contribution is -2.50. The lowest BCUT2D eigenvalue weighted by molar-refractivity contribution is -0.120. The van der Waals surface area contributed by atoms with E-state index in [1.54, 1.807) is 6.20 Å². The quantitative estimate of drug-likeness (QED) is 0.284. The summed E-state index contributed by atoms with van der Waals surface area (Å²) in [6, 6.07) is 17.1. The number of anilines is 2. The van der Waals surface area contributed by atoms with Crippen molar-refractivity contribution >= 4 is 34.6 Å². The summed E-state index contributed by atoms with van der Waals surface area (Å²) in [5.74, 6) is 2.13.